The second-order valence-electron chi connectivity index (χ2n) is 6.18. The van der Waals surface area contributed by atoms with Gasteiger partial charge in [-0.1, -0.05) is 25.6 Å². The fourth-order valence-electron chi connectivity index (χ4n) is 2.69. The first-order valence-electron chi connectivity index (χ1n) is 8.84. The molecule has 2 aromatic heterocycles. The molecule has 0 saturated heterocycles. The molecule has 0 fully saturated rings. The van der Waals surface area contributed by atoms with E-state index in [9.17, 15) is 9.59 Å². The lowest BCUT2D eigenvalue weighted by atomic mass is 10.2. The van der Waals surface area contributed by atoms with Gasteiger partial charge in [0, 0.05) is 18.0 Å². The number of rotatable bonds is 9. The van der Waals surface area contributed by atoms with Crippen LogP contribution in [0.3, 0.4) is 0 Å². The number of ether oxygens (including phenoxy) is 1. The summed E-state index contributed by atoms with van der Waals surface area (Å²) in [6, 6.07) is 0.191. The van der Waals surface area contributed by atoms with Crippen LogP contribution in [0.25, 0.3) is 10.2 Å². The summed E-state index contributed by atoms with van der Waals surface area (Å²) in [5.41, 5.74) is 0.925. The third-order valence-corrected chi connectivity index (χ3v) is 6.53. The second kappa shape index (κ2) is 9.53. The normalized spacial score (nSPS) is 11.5. The van der Waals surface area contributed by atoms with E-state index in [-0.39, 0.29) is 23.3 Å². The van der Waals surface area contributed by atoms with Crippen molar-refractivity contribution in [2.75, 3.05) is 19.5 Å². The van der Waals surface area contributed by atoms with E-state index >= 15 is 0 Å². The summed E-state index contributed by atoms with van der Waals surface area (Å²) in [5.74, 6) is 0.208. The summed E-state index contributed by atoms with van der Waals surface area (Å²) in [7, 11) is 1.60. The van der Waals surface area contributed by atoms with Crippen LogP contribution in [0.5, 0.6) is 0 Å². The van der Waals surface area contributed by atoms with Crippen LogP contribution in [0.4, 0.5) is 0 Å². The number of aromatic nitrogens is 2. The van der Waals surface area contributed by atoms with Crippen molar-refractivity contribution in [2.24, 2.45) is 0 Å². The van der Waals surface area contributed by atoms with Gasteiger partial charge < -0.3 is 10.1 Å². The summed E-state index contributed by atoms with van der Waals surface area (Å²) in [4.78, 5) is 31.7. The highest BCUT2D eigenvalue weighted by atomic mass is 32.2. The number of hydrogen-bond donors (Lipinski definition) is 1. The van der Waals surface area contributed by atoms with Gasteiger partial charge in [-0.2, -0.15) is 0 Å². The molecule has 0 aliphatic carbocycles. The van der Waals surface area contributed by atoms with Gasteiger partial charge in [-0.05, 0) is 32.3 Å². The Morgan fingerprint density at radius 3 is 2.65 bits per heavy atom. The Kier molecular flexibility index (Phi) is 7.67. The molecule has 1 amide bonds. The molecular weight excluding hydrogens is 370 g/mol. The number of nitrogens with zero attached hydrogens (tertiary/aromatic N) is 2. The molecule has 26 heavy (non-hydrogen) atoms. The molecule has 144 valence electrons. The molecule has 1 N–H and O–H groups in total. The Bertz CT molecular complexity index is 825. The molecule has 0 spiro atoms. The largest absolute Gasteiger partial charge is 0.383 e. The van der Waals surface area contributed by atoms with Gasteiger partial charge in [-0.15, -0.1) is 11.3 Å². The van der Waals surface area contributed by atoms with Crippen molar-refractivity contribution in [1.29, 1.82) is 0 Å². The van der Waals surface area contributed by atoms with E-state index in [1.807, 2.05) is 13.8 Å². The lowest BCUT2D eigenvalue weighted by Crippen LogP contribution is -2.35. The molecule has 0 bridgehead atoms. The van der Waals surface area contributed by atoms with E-state index in [1.54, 1.807) is 11.7 Å². The predicted octanol–water partition coefficient (Wildman–Crippen LogP) is 3.12. The van der Waals surface area contributed by atoms with Crippen LogP contribution >= 0.6 is 23.1 Å². The summed E-state index contributed by atoms with van der Waals surface area (Å²) >= 11 is 2.83. The molecular formula is C18H27N3O3S2. The maximum Gasteiger partial charge on any atom is 0.263 e. The van der Waals surface area contributed by atoms with E-state index in [2.05, 4.69) is 24.1 Å². The average molecular weight is 398 g/mol. The zero-order valence-corrected chi connectivity index (χ0v) is 17.7. The maximum atomic E-state index is 13.0. The average Bonchev–Trinajstić information content (AvgIpc) is 2.91. The highest BCUT2D eigenvalue weighted by molar-refractivity contribution is 7.99. The SMILES string of the molecule is CCC(CC)NC(=O)CSc1nc2sc(C)c(C)c2c(=O)n1CCOC. The molecule has 2 rings (SSSR count). The van der Waals surface area contributed by atoms with Crippen LogP contribution in [0, 0.1) is 13.8 Å². The van der Waals surface area contributed by atoms with Crippen molar-refractivity contribution in [3.05, 3.63) is 20.8 Å². The Labute approximate surface area is 162 Å². The Hall–Kier alpha value is -1.38. The highest BCUT2D eigenvalue weighted by Gasteiger charge is 2.18. The van der Waals surface area contributed by atoms with Gasteiger partial charge in [0.1, 0.15) is 4.83 Å². The van der Waals surface area contributed by atoms with Gasteiger partial charge in [-0.3, -0.25) is 14.2 Å². The molecule has 0 unspecified atom stereocenters. The molecule has 0 aliphatic rings. The number of fused-ring (bicyclic) bond motifs is 1. The quantitative estimate of drug-likeness (QED) is 0.520. The van der Waals surface area contributed by atoms with E-state index in [0.717, 1.165) is 28.1 Å². The molecule has 0 radical (unpaired) electrons. The molecule has 2 heterocycles. The molecule has 8 heteroatoms. The summed E-state index contributed by atoms with van der Waals surface area (Å²) in [6.07, 6.45) is 1.81. The summed E-state index contributed by atoms with van der Waals surface area (Å²) < 4.78 is 6.76. The topological polar surface area (TPSA) is 73.2 Å². The first-order chi connectivity index (χ1) is 12.4. The van der Waals surface area contributed by atoms with Gasteiger partial charge in [0.05, 0.1) is 24.3 Å². The van der Waals surface area contributed by atoms with Crippen LogP contribution in [-0.4, -0.2) is 41.0 Å². The fourth-order valence-corrected chi connectivity index (χ4v) is 4.60. The van der Waals surface area contributed by atoms with Crippen LogP contribution < -0.4 is 10.9 Å². The maximum absolute atomic E-state index is 13.0. The number of aryl methyl sites for hydroxylation is 2. The van der Waals surface area contributed by atoms with Gasteiger partial charge >= 0.3 is 0 Å². The van der Waals surface area contributed by atoms with E-state index < -0.39 is 0 Å². The minimum atomic E-state index is -0.0585. The van der Waals surface area contributed by atoms with Crippen LogP contribution in [0.15, 0.2) is 9.95 Å². The number of hydrogen-bond acceptors (Lipinski definition) is 6. The van der Waals surface area contributed by atoms with Crippen molar-refractivity contribution in [2.45, 2.75) is 58.3 Å². The number of carbonyl (C=O) groups excluding carboxylic acids is 1. The Morgan fingerprint density at radius 1 is 1.35 bits per heavy atom. The predicted molar refractivity (Wildman–Crippen MR) is 108 cm³/mol. The second-order valence-corrected chi connectivity index (χ2v) is 8.32. The zero-order valence-electron chi connectivity index (χ0n) is 16.0. The van der Waals surface area contributed by atoms with Crippen LogP contribution in [0.1, 0.15) is 37.1 Å². The van der Waals surface area contributed by atoms with Crippen molar-refractivity contribution >= 4 is 39.2 Å². The van der Waals surface area contributed by atoms with E-state index in [0.29, 0.717) is 23.7 Å². The lowest BCUT2D eigenvalue weighted by Gasteiger charge is -2.15. The third kappa shape index (κ3) is 4.66. The number of amides is 1. The van der Waals surface area contributed by atoms with Gasteiger partial charge in [0.15, 0.2) is 5.16 Å². The van der Waals surface area contributed by atoms with Gasteiger partial charge in [-0.25, -0.2) is 4.98 Å². The van der Waals surface area contributed by atoms with Gasteiger partial charge in [0.2, 0.25) is 5.91 Å². The monoisotopic (exact) mass is 397 g/mol. The van der Waals surface area contributed by atoms with Gasteiger partial charge in [0.25, 0.3) is 5.56 Å². The van der Waals surface area contributed by atoms with Crippen molar-refractivity contribution in [3.8, 4) is 0 Å². The number of methoxy groups -OCH3 is 1. The van der Waals surface area contributed by atoms with Crippen LogP contribution in [-0.2, 0) is 16.1 Å². The molecule has 0 aliphatic heterocycles. The van der Waals surface area contributed by atoms with E-state index in [1.165, 1.54) is 23.1 Å². The van der Waals surface area contributed by atoms with Crippen molar-refractivity contribution in [3.63, 3.8) is 0 Å². The summed E-state index contributed by atoms with van der Waals surface area (Å²) in [6.45, 7) is 8.90. The first-order valence-corrected chi connectivity index (χ1v) is 10.6. The minimum absolute atomic E-state index is 0.0325. The molecule has 0 saturated carbocycles. The smallest absolute Gasteiger partial charge is 0.263 e. The number of thiophene rings is 1. The van der Waals surface area contributed by atoms with Crippen molar-refractivity contribution in [1.82, 2.24) is 14.9 Å². The number of thioether (sulfide) groups is 1. The highest BCUT2D eigenvalue weighted by Crippen LogP contribution is 2.28. The third-order valence-electron chi connectivity index (χ3n) is 4.46. The minimum Gasteiger partial charge on any atom is -0.383 e. The zero-order chi connectivity index (χ0) is 19.3. The van der Waals surface area contributed by atoms with Crippen molar-refractivity contribution < 1.29 is 9.53 Å². The molecule has 6 nitrogen and oxygen atoms in total. The fraction of sp³-hybridized carbons (Fsp3) is 0.611. The Morgan fingerprint density at radius 2 is 2.04 bits per heavy atom. The Balaban J connectivity index is 2.30. The number of carbonyl (C=O) groups is 1. The molecule has 0 atom stereocenters. The van der Waals surface area contributed by atoms with E-state index in [4.69, 9.17) is 4.74 Å². The summed E-state index contributed by atoms with van der Waals surface area (Å²) in [5, 5.41) is 4.26. The van der Waals surface area contributed by atoms with Crippen LogP contribution in [0.2, 0.25) is 0 Å². The first kappa shape index (κ1) is 20.9. The lowest BCUT2D eigenvalue weighted by molar-refractivity contribution is -0.119. The number of nitrogens with one attached hydrogen (secondary N) is 1. The molecule has 2 aromatic rings. The standard InChI is InChI=1S/C18H27N3O3S2/c1-6-13(7-2)19-14(22)10-25-18-20-16-15(11(3)12(4)26-16)17(23)21(18)8-9-24-5/h13H,6-10H2,1-5H3,(H,19,22). The molecule has 0 aromatic carbocycles.